The van der Waals surface area contributed by atoms with Crippen LogP contribution in [0, 0.1) is 6.92 Å². The Morgan fingerprint density at radius 1 is 1.09 bits per heavy atom. The normalized spacial score (nSPS) is 14.5. The van der Waals surface area contributed by atoms with Crippen LogP contribution in [0.25, 0.3) is 0 Å². The Labute approximate surface area is 190 Å². The molecule has 2 aromatic carbocycles. The number of sulfonamides is 1. The first-order valence-corrected chi connectivity index (χ1v) is 11.6. The van der Waals surface area contributed by atoms with E-state index in [0.29, 0.717) is 12.2 Å². The molecule has 1 amide bonds. The highest BCUT2D eigenvalue weighted by Gasteiger charge is 2.50. The molecule has 0 heterocycles. The van der Waals surface area contributed by atoms with Gasteiger partial charge in [0.15, 0.2) is 0 Å². The zero-order chi connectivity index (χ0) is 24.9. The van der Waals surface area contributed by atoms with Gasteiger partial charge in [0.25, 0.3) is 10.0 Å². The second kappa shape index (κ2) is 10.2. The van der Waals surface area contributed by atoms with Crippen molar-refractivity contribution in [3.05, 3.63) is 59.7 Å². The van der Waals surface area contributed by atoms with Gasteiger partial charge in [-0.25, -0.2) is 13.2 Å². The van der Waals surface area contributed by atoms with Crippen LogP contribution in [0.3, 0.4) is 0 Å². The maximum atomic E-state index is 12.5. The molecule has 3 rings (SSSR count). The molecule has 33 heavy (non-hydrogen) atoms. The molecule has 1 aliphatic rings. The number of carboxylic acids is 1. The van der Waals surface area contributed by atoms with E-state index in [0.717, 1.165) is 30.4 Å². The fourth-order valence-corrected chi connectivity index (χ4v) is 4.20. The van der Waals surface area contributed by atoms with Crippen LogP contribution >= 0.6 is 0 Å². The number of hydrogen-bond donors (Lipinski definition) is 3. The topological polar surface area (TPSA) is 113 Å². The average molecular weight is 487 g/mol. The Hall–Kier alpha value is -3.08. The number of amides is 1. The molecule has 3 N–H and O–H groups in total. The van der Waals surface area contributed by atoms with Gasteiger partial charge in [0.1, 0.15) is 0 Å². The zero-order valence-electron chi connectivity index (χ0n) is 18.1. The molecule has 1 fully saturated rings. The molecule has 0 aromatic heterocycles. The minimum absolute atomic E-state index is 0.0624. The fraction of sp³-hybridized carbons (Fsp3) is 0.364. The summed E-state index contributed by atoms with van der Waals surface area (Å²) in [6.45, 7) is 4.55. The Balaban J connectivity index is 0.000000479. The van der Waals surface area contributed by atoms with Gasteiger partial charge in [0.05, 0.1) is 10.3 Å². The van der Waals surface area contributed by atoms with Gasteiger partial charge < -0.3 is 10.4 Å². The van der Waals surface area contributed by atoms with Gasteiger partial charge in [0, 0.05) is 12.2 Å². The summed E-state index contributed by atoms with van der Waals surface area (Å²) in [5, 5.41) is 10.1. The van der Waals surface area contributed by atoms with Crippen LogP contribution in [-0.2, 0) is 25.0 Å². The molecule has 180 valence electrons. The Morgan fingerprint density at radius 3 is 2.12 bits per heavy atom. The molecule has 2 aromatic rings. The second-order valence-corrected chi connectivity index (χ2v) is 9.32. The lowest BCUT2D eigenvalue weighted by atomic mass is 9.95. The number of halogens is 3. The fourth-order valence-electron chi connectivity index (χ4n) is 3.03. The van der Waals surface area contributed by atoms with Crippen molar-refractivity contribution in [2.45, 2.75) is 49.6 Å². The van der Waals surface area contributed by atoms with Crippen LogP contribution in [0.2, 0.25) is 0 Å². The SMILES string of the molecule is CCCNC(=O)C1(c2ccc(NS(=O)(=O)c3cccc(C)c3)cc2)CC1.O=C(O)C(F)(F)F. The Kier molecular flexibility index (Phi) is 8.12. The predicted molar refractivity (Wildman–Crippen MR) is 116 cm³/mol. The van der Waals surface area contributed by atoms with Crippen LogP contribution in [0.1, 0.15) is 37.3 Å². The number of carbonyl (C=O) groups is 2. The van der Waals surface area contributed by atoms with E-state index in [9.17, 15) is 26.4 Å². The summed E-state index contributed by atoms with van der Waals surface area (Å²) in [6, 6.07) is 13.9. The molecular weight excluding hydrogens is 461 g/mol. The lowest BCUT2D eigenvalue weighted by Gasteiger charge is -2.16. The molecule has 7 nitrogen and oxygen atoms in total. The minimum atomic E-state index is -5.08. The van der Waals surface area contributed by atoms with E-state index in [2.05, 4.69) is 10.0 Å². The van der Waals surface area contributed by atoms with Gasteiger partial charge >= 0.3 is 12.1 Å². The van der Waals surface area contributed by atoms with Crippen molar-refractivity contribution < 1.29 is 36.3 Å². The summed E-state index contributed by atoms with van der Waals surface area (Å²) in [5.41, 5.74) is 1.87. The van der Waals surface area contributed by atoms with Crippen molar-refractivity contribution in [2.24, 2.45) is 0 Å². The van der Waals surface area contributed by atoms with E-state index in [4.69, 9.17) is 9.90 Å². The number of aryl methyl sites for hydroxylation is 1. The summed E-state index contributed by atoms with van der Waals surface area (Å²) in [4.78, 5) is 21.5. The molecule has 1 saturated carbocycles. The van der Waals surface area contributed by atoms with Crippen LogP contribution < -0.4 is 10.0 Å². The summed E-state index contributed by atoms with van der Waals surface area (Å²) < 4.78 is 59.3. The highest BCUT2D eigenvalue weighted by molar-refractivity contribution is 7.92. The number of alkyl halides is 3. The van der Waals surface area contributed by atoms with E-state index in [1.54, 1.807) is 30.3 Å². The third kappa shape index (κ3) is 6.95. The molecular formula is C22H25F3N2O5S. The van der Waals surface area contributed by atoms with Gasteiger partial charge in [-0.05, 0) is 61.6 Å². The van der Waals surface area contributed by atoms with Crippen molar-refractivity contribution in [2.75, 3.05) is 11.3 Å². The first-order valence-electron chi connectivity index (χ1n) is 10.1. The minimum Gasteiger partial charge on any atom is -0.475 e. The van der Waals surface area contributed by atoms with Crippen LogP contribution in [0.5, 0.6) is 0 Å². The van der Waals surface area contributed by atoms with E-state index < -0.39 is 27.6 Å². The standard InChI is InChI=1S/C20H24N2O3S.C2HF3O2/c1-3-13-21-19(23)20(11-12-20)16-7-9-17(10-8-16)22-26(24,25)18-6-4-5-15(2)14-18;3-2(4,5)1(6)7/h4-10,14,22H,3,11-13H2,1-2H3,(H,21,23);(H,6,7). The summed E-state index contributed by atoms with van der Waals surface area (Å²) in [6.07, 6.45) is -2.52. The summed E-state index contributed by atoms with van der Waals surface area (Å²) in [7, 11) is -3.63. The maximum Gasteiger partial charge on any atom is 0.490 e. The summed E-state index contributed by atoms with van der Waals surface area (Å²) >= 11 is 0. The van der Waals surface area contributed by atoms with Crippen LogP contribution in [0.4, 0.5) is 18.9 Å². The lowest BCUT2D eigenvalue weighted by Crippen LogP contribution is -2.35. The Morgan fingerprint density at radius 2 is 1.67 bits per heavy atom. The van der Waals surface area contributed by atoms with Gasteiger partial charge in [-0.3, -0.25) is 9.52 Å². The molecule has 0 spiro atoms. The van der Waals surface area contributed by atoms with E-state index in [1.165, 1.54) is 0 Å². The number of rotatable bonds is 7. The predicted octanol–water partition coefficient (Wildman–Crippen LogP) is 3.99. The zero-order valence-corrected chi connectivity index (χ0v) is 18.9. The lowest BCUT2D eigenvalue weighted by molar-refractivity contribution is -0.192. The smallest absolute Gasteiger partial charge is 0.475 e. The van der Waals surface area contributed by atoms with Crippen molar-refractivity contribution in [3.8, 4) is 0 Å². The maximum absolute atomic E-state index is 12.5. The van der Waals surface area contributed by atoms with Crippen molar-refractivity contribution in [1.82, 2.24) is 5.32 Å². The van der Waals surface area contributed by atoms with Crippen LogP contribution in [-0.4, -0.2) is 38.1 Å². The Bertz CT molecular complexity index is 1100. The number of anilines is 1. The largest absolute Gasteiger partial charge is 0.490 e. The molecule has 0 radical (unpaired) electrons. The monoisotopic (exact) mass is 486 g/mol. The van der Waals surface area contributed by atoms with Gasteiger partial charge in [-0.1, -0.05) is 31.2 Å². The number of carboxylic acid groups (broad SMARTS) is 1. The molecule has 0 atom stereocenters. The molecule has 0 unspecified atom stereocenters. The highest BCUT2D eigenvalue weighted by Crippen LogP contribution is 2.48. The number of nitrogens with one attached hydrogen (secondary N) is 2. The van der Waals surface area contributed by atoms with E-state index >= 15 is 0 Å². The first-order chi connectivity index (χ1) is 15.3. The van der Waals surface area contributed by atoms with Crippen molar-refractivity contribution in [1.29, 1.82) is 0 Å². The number of aliphatic carboxylic acids is 1. The van der Waals surface area contributed by atoms with Gasteiger partial charge in [0.2, 0.25) is 5.91 Å². The first kappa shape index (κ1) is 26.2. The van der Waals surface area contributed by atoms with Crippen molar-refractivity contribution in [3.63, 3.8) is 0 Å². The third-order valence-electron chi connectivity index (χ3n) is 4.95. The molecule has 0 saturated heterocycles. The van der Waals surface area contributed by atoms with Gasteiger partial charge in [-0.2, -0.15) is 13.2 Å². The van der Waals surface area contributed by atoms with Crippen LogP contribution in [0.15, 0.2) is 53.4 Å². The molecule has 0 bridgehead atoms. The number of benzene rings is 2. The number of hydrogen-bond acceptors (Lipinski definition) is 4. The molecule has 11 heteroatoms. The quantitative estimate of drug-likeness (QED) is 0.548. The average Bonchev–Trinajstić information content (AvgIpc) is 3.54. The highest BCUT2D eigenvalue weighted by atomic mass is 32.2. The van der Waals surface area contributed by atoms with Gasteiger partial charge in [-0.15, -0.1) is 0 Å². The third-order valence-corrected chi connectivity index (χ3v) is 6.33. The van der Waals surface area contributed by atoms with Crippen molar-refractivity contribution >= 4 is 27.6 Å². The van der Waals surface area contributed by atoms with E-state index in [-0.39, 0.29) is 10.8 Å². The molecule has 0 aliphatic heterocycles. The number of carbonyl (C=O) groups excluding carboxylic acids is 1. The summed E-state index contributed by atoms with van der Waals surface area (Å²) in [5.74, 6) is -2.69. The molecule has 1 aliphatic carbocycles. The van der Waals surface area contributed by atoms with E-state index in [1.807, 2.05) is 32.0 Å². The second-order valence-electron chi connectivity index (χ2n) is 7.64.